The fourth-order valence-electron chi connectivity index (χ4n) is 2.48. The van der Waals surface area contributed by atoms with Crippen LogP contribution in [-0.4, -0.2) is 6.54 Å². The number of rotatable bonds is 5. The van der Waals surface area contributed by atoms with Crippen molar-refractivity contribution in [1.29, 1.82) is 0 Å². The second kappa shape index (κ2) is 6.76. The van der Waals surface area contributed by atoms with E-state index in [4.69, 9.17) is 0 Å². The van der Waals surface area contributed by atoms with Gasteiger partial charge in [-0.3, -0.25) is 0 Å². The Labute approximate surface area is 122 Å². The van der Waals surface area contributed by atoms with Gasteiger partial charge in [0.2, 0.25) is 0 Å². The van der Waals surface area contributed by atoms with E-state index >= 15 is 0 Å². The number of halogens is 3. The first-order chi connectivity index (χ1) is 10.0. The van der Waals surface area contributed by atoms with Crippen molar-refractivity contribution >= 4 is 0 Å². The van der Waals surface area contributed by atoms with Gasteiger partial charge in [0.25, 0.3) is 0 Å². The van der Waals surface area contributed by atoms with E-state index in [1.54, 1.807) is 0 Å². The lowest BCUT2D eigenvalue weighted by atomic mass is 9.97. The molecule has 0 aliphatic heterocycles. The monoisotopic (exact) mass is 293 g/mol. The Hall–Kier alpha value is -1.81. The summed E-state index contributed by atoms with van der Waals surface area (Å²) in [5.74, 6) is -2.61. The normalized spacial score (nSPS) is 12.4. The van der Waals surface area contributed by atoms with E-state index in [1.807, 2.05) is 38.1 Å². The Bertz CT molecular complexity index is 602. The molecule has 0 aromatic heterocycles. The number of benzene rings is 2. The molecule has 0 amide bonds. The first-order valence-electron chi connectivity index (χ1n) is 6.94. The lowest BCUT2D eigenvalue weighted by molar-refractivity contribution is 0.462. The van der Waals surface area contributed by atoms with Crippen molar-refractivity contribution in [1.82, 2.24) is 5.32 Å². The first kappa shape index (κ1) is 15.6. The quantitative estimate of drug-likeness (QED) is 0.866. The SMILES string of the molecule is CCNC(Cc1cccc(C)c1)c1c(F)cc(F)cc1F. The van der Waals surface area contributed by atoms with E-state index in [9.17, 15) is 13.2 Å². The minimum Gasteiger partial charge on any atom is -0.310 e. The highest BCUT2D eigenvalue weighted by Crippen LogP contribution is 2.25. The average molecular weight is 293 g/mol. The largest absolute Gasteiger partial charge is 0.310 e. The highest BCUT2D eigenvalue weighted by molar-refractivity contribution is 5.29. The second-order valence-electron chi connectivity index (χ2n) is 5.09. The van der Waals surface area contributed by atoms with Gasteiger partial charge >= 0.3 is 0 Å². The number of hydrogen-bond acceptors (Lipinski definition) is 1. The van der Waals surface area contributed by atoms with Crippen molar-refractivity contribution in [3.63, 3.8) is 0 Å². The van der Waals surface area contributed by atoms with Gasteiger partial charge in [-0.15, -0.1) is 0 Å². The maximum absolute atomic E-state index is 13.9. The van der Waals surface area contributed by atoms with E-state index in [2.05, 4.69) is 5.32 Å². The molecule has 0 heterocycles. The van der Waals surface area contributed by atoms with Crippen LogP contribution in [0.3, 0.4) is 0 Å². The van der Waals surface area contributed by atoms with Gasteiger partial charge in [0.1, 0.15) is 17.5 Å². The van der Waals surface area contributed by atoms with Crippen LogP contribution >= 0.6 is 0 Å². The third-order valence-electron chi connectivity index (χ3n) is 3.37. The van der Waals surface area contributed by atoms with Crippen molar-refractivity contribution in [3.8, 4) is 0 Å². The lowest BCUT2D eigenvalue weighted by Gasteiger charge is -2.20. The third-order valence-corrected chi connectivity index (χ3v) is 3.37. The van der Waals surface area contributed by atoms with E-state index in [0.29, 0.717) is 13.0 Å². The van der Waals surface area contributed by atoms with Crippen molar-refractivity contribution in [2.75, 3.05) is 6.54 Å². The zero-order valence-electron chi connectivity index (χ0n) is 12.1. The molecule has 1 N–H and O–H groups in total. The van der Waals surface area contributed by atoms with Crippen LogP contribution in [0.4, 0.5) is 13.2 Å². The summed E-state index contributed by atoms with van der Waals surface area (Å²) >= 11 is 0. The standard InChI is InChI=1S/C17H18F3N/c1-3-21-16(8-12-6-4-5-11(2)7-12)17-14(19)9-13(18)10-15(17)20/h4-7,9-10,16,21H,3,8H2,1-2H3. The molecule has 2 rings (SSSR count). The molecule has 0 saturated heterocycles. The molecule has 0 bridgehead atoms. The van der Waals surface area contributed by atoms with Crippen molar-refractivity contribution in [2.45, 2.75) is 26.3 Å². The molecule has 112 valence electrons. The molecule has 0 saturated carbocycles. The van der Waals surface area contributed by atoms with Gasteiger partial charge in [0, 0.05) is 23.7 Å². The third kappa shape index (κ3) is 3.85. The predicted molar refractivity (Wildman–Crippen MR) is 77.6 cm³/mol. The summed E-state index contributed by atoms with van der Waals surface area (Å²) in [4.78, 5) is 0. The van der Waals surface area contributed by atoms with Crippen molar-refractivity contribution in [2.24, 2.45) is 0 Å². The lowest BCUT2D eigenvalue weighted by Crippen LogP contribution is -2.25. The predicted octanol–water partition coefficient (Wildman–Crippen LogP) is 4.31. The minimum absolute atomic E-state index is 0.111. The maximum Gasteiger partial charge on any atom is 0.133 e. The van der Waals surface area contributed by atoms with Crippen LogP contribution in [0.1, 0.15) is 29.7 Å². The molecule has 1 atom stereocenters. The van der Waals surface area contributed by atoms with E-state index in [-0.39, 0.29) is 5.56 Å². The van der Waals surface area contributed by atoms with Crippen LogP contribution in [0.2, 0.25) is 0 Å². The van der Waals surface area contributed by atoms with Gasteiger partial charge in [-0.05, 0) is 25.5 Å². The molecule has 0 aliphatic rings. The number of likely N-dealkylation sites (N-methyl/N-ethyl adjacent to an activating group) is 1. The van der Waals surface area contributed by atoms with Crippen LogP contribution in [0.15, 0.2) is 36.4 Å². The Kier molecular flexibility index (Phi) is 5.02. The summed E-state index contributed by atoms with van der Waals surface area (Å²) in [7, 11) is 0. The highest BCUT2D eigenvalue weighted by atomic mass is 19.1. The van der Waals surface area contributed by atoms with Crippen LogP contribution in [0.5, 0.6) is 0 Å². The van der Waals surface area contributed by atoms with E-state index in [0.717, 1.165) is 23.3 Å². The zero-order valence-corrected chi connectivity index (χ0v) is 12.1. The zero-order chi connectivity index (χ0) is 15.4. The van der Waals surface area contributed by atoms with Gasteiger partial charge in [0.15, 0.2) is 0 Å². The highest BCUT2D eigenvalue weighted by Gasteiger charge is 2.21. The van der Waals surface area contributed by atoms with Gasteiger partial charge in [-0.2, -0.15) is 0 Å². The fraction of sp³-hybridized carbons (Fsp3) is 0.294. The number of aryl methyl sites for hydroxylation is 1. The topological polar surface area (TPSA) is 12.0 Å². The second-order valence-corrected chi connectivity index (χ2v) is 5.09. The molecule has 2 aromatic rings. The molecule has 0 spiro atoms. The number of nitrogens with one attached hydrogen (secondary N) is 1. The van der Waals surface area contributed by atoms with Crippen LogP contribution in [-0.2, 0) is 6.42 Å². The molecule has 1 unspecified atom stereocenters. The van der Waals surface area contributed by atoms with E-state index < -0.39 is 23.5 Å². The molecule has 4 heteroatoms. The van der Waals surface area contributed by atoms with Crippen molar-refractivity contribution in [3.05, 3.63) is 70.5 Å². The summed E-state index contributed by atoms with van der Waals surface area (Å²) in [6, 6.07) is 8.67. The molecular weight excluding hydrogens is 275 g/mol. The first-order valence-corrected chi connectivity index (χ1v) is 6.94. The smallest absolute Gasteiger partial charge is 0.133 e. The average Bonchev–Trinajstić information content (AvgIpc) is 2.37. The van der Waals surface area contributed by atoms with Gasteiger partial charge < -0.3 is 5.32 Å². The Balaban J connectivity index is 2.35. The van der Waals surface area contributed by atoms with E-state index in [1.165, 1.54) is 0 Å². The van der Waals surface area contributed by atoms with Crippen LogP contribution in [0, 0.1) is 24.4 Å². The van der Waals surface area contributed by atoms with Crippen molar-refractivity contribution < 1.29 is 13.2 Å². The summed E-state index contributed by atoms with van der Waals surface area (Å²) < 4.78 is 40.9. The van der Waals surface area contributed by atoms with Crippen LogP contribution < -0.4 is 5.32 Å². The molecule has 0 aliphatic carbocycles. The fourth-order valence-corrected chi connectivity index (χ4v) is 2.48. The summed E-state index contributed by atoms with van der Waals surface area (Å²) in [5.41, 5.74) is 1.95. The Morgan fingerprint density at radius 2 is 1.71 bits per heavy atom. The molecule has 1 nitrogen and oxygen atoms in total. The van der Waals surface area contributed by atoms with Gasteiger partial charge in [0.05, 0.1) is 0 Å². The summed E-state index contributed by atoms with van der Waals surface area (Å²) in [6.45, 7) is 4.39. The summed E-state index contributed by atoms with van der Waals surface area (Å²) in [5, 5.41) is 3.07. The van der Waals surface area contributed by atoms with Gasteiger partial charge in [-0.1, -0.05) is 36.8 Å². The Morgan fingerprint density at radius 1 is 1.05 bits per heavy atom. The molecule has 0 radical (unpaired) electrons. The Morgan fingerprint density at radius 3 is 2.29 bits per heavy atom. The van der Waals surface area contributed by atoms with Gasteiger partial charge in [-0.25, -0.2) is 13.2 Å². The minimum atomic E-state index is -0.903. The molecule has 21 heavy (non-hydrogen) atoms. The van der Waals surface area contributed by atoms with Crippen LogP contribution in [0.25, 0.3) is 0 Å². The molecule has 2 aromatic carbocycles. The molecular formula is C17H18F3N. The number of hydrogen-bond donors (Lipinski definition) is 1. The molecule has 0 fully saturated rings. The maximum atomic E-state index is 13.9. The summed E-state index contributed by atoms with van der Waals surface area (Å²) in [6.07, 6.45) is 0.439.